The molecule has 1 fully saturated rings. The van der Waals surface area contributed by atoms with Crippen LogP contribution in [0.5, 0.6) is 0 Å². The average molecular weight is 461 g/mol. The first kappa shape index (κ1) is 21.4. The first-order chi connectivity index (χ1) is 15.0. The van der Waals surface area contributed by atoms with Crippen LogP contribution in [-0.2, 0) is 21.2 Å². The van der Waals surface area contributed by atoms with Crippen molar-refractivity contribution in [2.24, 2.45) is 0 Å². The molecule has 4 rings (SSSR count). The molecule has 0 radical (unpaired) electrons. The second-order valence-corrected chi connectivity index (χ2v) is 10.7. The van der Waals surface area contributed by atoms with E-state index < -0.39 is 21.5 Å². The molecule has 9 nitrogen and oxygen atoms in total. The van der Waals surface area contributed by atoms with Crippen LogP contribution in [0.1, 0.15) is 37.7 Å². The van der Waals surface area contributed by atoms with Gasteiger partial charge in [0.25, 0.3) is 0 Å². The highest BCUT2D eigenvalue weighted by atomic mass is 32.2. The van der Waals surface area contributed by atoms with Crippen LogP contribution in [0.3, 0.4) is 0 Å². The maximum Gasteiger partial charge on any atom is 0.235 e. The summed E-state index contributed by atoms with van der Waals surface area (Å²) in [6.07, 6.45) is 9.07. The third-order valence-corrected chi connectivity index (χ3v) is 7.99. The van der Waals surface area contributed by atoms with Gasteiger partial charge in [0, 0.05) is 24.3 Å². The van der Waals surface area contributed by atoms with Crippen molar-refractivity contribution in [3.05, 3.63) is 48.3 Å². The zero-order valence-corrected chi connectivity index (χ0v) is 18.5. The molecule has 2 heterocycles. The van der Waals surface area contributed by atoms with E-state index in [2.05, 4.69) is 25.9 Å². The lowest BCUT2D eigenvalue weighted by molar-refractivity contribution is -0.118. The van der Waals surface area contributed by atoms with Crippen LogP contribution in [0.25, 0.3) is 5.69 Å². The molecule has 31 heavy (non-hydrogen) atoms. The van der Waals surface area contributed by atoms with E-state index in [0.717, 1.165) is 48.3 Å². The Morgan fingerprint density at radius 1 is 1.13 bits per heavy atom. The fourth-order valence-electron chi connectivity index (χ4n) is 3.47. The first-order valence-electron chi connectivity index (χ1n) is 10.2. The molecule has 0 bridgehead atoms. The topological polar surface area (TPSA) is 119 Å². The Morgan fingerprint density at radius 3 is 2.68 bits per heavy atom. The number of hydrogen-bond acceptors (Lipinski definition) is 8. The normalized spacial score (nSPS) is 15.0. The lowest BCUT2D eigenvalue weighted by atomic mass is 9.96. The molecular weight excluding hydrogens is 436 g/mol. The monoisotopic (exact) mass is 460 g/mol. The summed E-state index contributed by atoms with van der Waals surface area (Å²) in [6.45, 7) is 0.186. The predicted molar refractivity (Wildman–Crippen MR) is 118 cm³/mol. The van der Waals surface area contributed by atoms with Gasteiger partial charge in [-0.3, -0.25) is 4.79 Å². The Hall–Kier alpha value is -2.79. The van der Waals surface area contributed by atoms with Gasteiger partial charge in [0.1, 0.15) is 5.75 Å². The Kier molecular flexibility index (Phi) is 6.62. The molecule has 1 saturated carbocycles. The third-order valence-electron chi connectivity index (χ3n) is 5.07. The minimum absolute atomic E-state index is 0.141. The SMILES string of the molecule is O=C(CS(=O)(=O)c1nnc(NC2CCCCC2)s1)NCc1cnn(-c2ccccc2)c1. The molecule has 2 aromatic heterocycles. The minimum atomic E-state index is -3.85. The molecule has 11 heteroatoms. The second kappa shape index (κ2) is 9.56. The maximum atomic E-state index is 12.6. The van der Waals surface area contributed by atoms with Gasteiger partial charge in [-0.2, -0.15) is 5.10 Å². The quantitative estimate of drug-likeness (QED) is 0.530. The summed E-state index contributed by atoms with van der Waals surface area (Å²) in [5.74, 6) is -1.26. The first-order valence-corrected chi connectivity index (χ1v) is 12.6. The Morgan fingerprint density at radius 2 is 1.90 bits per heavy atom. The molecule has 3 aromatic rings. The molecule has 1 aliphatic carbocycles. The highest BCUT2D eigenvalue weighted by Crippen LogP contribution is 2.25. The van der Waals surface area contributed by atoms with Gasteiger partial charge < -0.3 is 10.6 Å². The van der Waals surface area contributed by atoms with Crippen molar-refractivity contribution in [1.29, 1.82) is 0 Å². The van der Waals surface area contributed by atoms with Gasteiger partial charge in [-0.1, -0.05) is 48.8 Å². The molecule has 0 atom stereocenters. The predicted octanol–water partition coefficient (Wildman–Crippen LogP) is 2.56. The maximum absolute atomic E-state index is 12.6. The van der Waals surface area contributed by atoms with Crippen LogP contribution >= 0.6 is 11.3 Å². The molecule has 2 N–H and O–H groups in total. The lowest BCUT2D eigenvalue weighted by Gasteiger charge is -2.21. The van der Waals surface area contributed by atoms with Crippen molar-refractivity contribution in [3.63, 3.8) is 0 Å². The van der Waals surface area contributed by atoms with Crippen LogP contribution in [0, 0.1) is 0 Å². The number of nitrogens with zero attached hydrogens (tertiary/aromatic N) is 4. The van der Waals surface area contributed by atoms with Gasteiger partial charge in [0.2, 0.25) is 25.2 Å². The van der Waals surface area contributed by atoms with Crippen LogP contribution < -0.4 is 10.6 Å². The number of carbonyl (C=O) groups is 1. The summed E-state index contributed by atoms with van der Waals surface area (Å²) in [5.41, 5.74) is 1.67. The third kappa shape index (κ3) is 5.67. The molecular formula is C20H24N6O3S2. The van der Waals surface area contributed by atoms with Crippen molar-refractivity contribution in [2.45, 2.75) is 49.0 Å². The van der Waals surface area contributed by atoms with E-state index in [0.29, 0.717) is 11.2 Å². The molecule has 1 aromatic carbocycles. The van der Waals surface area contributed by atoms with Gasteiger partial charge in [-0.05, 0) is 25.0 Å². The van der Waals surface area contributed by atoms with Crippen LogP contribution in [-0.4, -0.2) is 46.1 Å². The number of aromatic nitrogens is 4. The fourth-order valence-corrected chi connectivity index (χ4v) is 5.69. The van der Waals surface area contributed by atoms with Crippen molar-refractivity contribution in [1.82, 2.24) is 25.3 Å². The number of nitrogens with one attached hydrogen (secondary N) is 2. The Bertz CT molecular complexity index is 1120. The standard InChI is InChI=1S/C20H24N6O3S2/c27-18(21-11-15-12-22-26(13-15)17-9-5-2-6-10-17)14-31(28,29)20-25-24-19(30-20)23-16-7-3-1-4-8-16/h2,5-6,9-10,12-13,16H,1,3-4,7-8,11,14H2,(H,21,27)(H,23,24). The fraction of sp³-hybridized carbons (Fsp3) is 0.400. The smallest absolute Gasteiger partial charge is 0.235 e. The van der Waals surface area contributed by atoms with Gasteiger partial charge >= 0.3 is 0 Å². The largest absolute Gasteiger partial charge is 0.357 e. The zero-order chi connectivity index (χ0) is 21.7. The molecule has 0 aliphatic heterocycles. The number of anilines is 1. The van der Waals surface area contributed by atoms with Crippen molar-refractivity contribution < 1.29 is 13.2 Å². The number of amides is 1. The van der Waals surface area contributed by atoms with E-state index in [1.165, 1.54) is 6.42 Å². The van der Waals surface area contributed by atoms with Gasteiger partial charge in [0.15, 0.2) is 0 Å². The molecule has 0 spiro atoms. The van der Waals surface area contributed by atoms with Crippen LogP contribution in [0.2, 0.25) is 0 Å². The number of hydrogen-bond donors (Lipinski definition) is 2. The van der Waals surface area contributed by atoms with Gasteiger partial charge in [-0.15, -0.1) is 10.2 Å². The minimum Gasteiger partial charge on any atom is -0.357 e. The summed E-state index contributed by atoms with van der Waals surface area (Å²) >= 11 is 0.976. The van der Waals surface area contributed by atoms with Crippen molar-refractivity contribution in [2.75, 3.05) is 11.1 Å². The lowest BCUT2D eigenvalue weighted by Crippen LogP contribution is -2.29. The summed E-state index contributed by atoms with van der Waals surface area (Å²) in [7, 11) is -3.85. The average Bonchev–Trinajstić information content (AvgIpc) is 3.44. The van der Waals surface area contributed by atoms with E-state index in [-0.39, 0.29) is 10.9 Å². The van der Waals surface area contributed by atoms with E-state index >= 15 is 0 Å². The number of rotatable bonds is 8. The van der Waals surface area contributed by atoms with Crippen LogP contribution in [0.4, 0.5) is 5.13 Å². The van der Waals surface area contributed by atoms with E-state index in [1.807, 2.05) is 30.3 Å². The number of para-hydroxylation sites is 1. The molecule has 1 amide bonds. The highest BCUT2D eigenvalue weighted by molar-refractivity contribution is 7.94. The van der Waals surface area contributed by atoms with Gasteiger partial charge in [-0.25, -0.2) is 13.1 Å². The van der Waals surface area contributed by atoms with E-state index in [9.17, 15) is 13.2 Å². The molecule has 1 aliphatic rings. The van der Waals surface area contributed by atoms with E-state index in [1.54, 1.807) is 17.1 Å². The number of carbonyl (C=O) groups excluding carboxylic acids is 1. The van der Waals surface area contributed by atoms with Crippen molar-refractivity contribution >= 4 is 32.2 Å². The molecule has 0 saturated heterocycles. The number of benzene rings is 1. The number of sulfone groups is 1. The summed E-state index contributed by atoms with van der Waals surface area (Å²) in [5, 5.41) is 18.4. The summed E-state index contributed by atoms with van der Waals surface area (Å²) in [4.78, 5) is 12.2. The Labute approximate surface area is 184 Å². The van der Waals surface area contributed by atoms with E-state index in [4.69, 9.17) is 0 Å². The second-order valence-electron chi connectivity index (χ2n) is 7.52. The molecule has 164 valence electrons. The summed E-state index contributed by atoms with van der Waals surface area (Å²) < 4.78 is 26.7. The van der Waals surface area contributed by atoms with Crippen molar-refractivity contribution in [3.8, 4) is 5.69 Å². The Balaban J connectivity index is 1.30. The van der Waals surface area contributed by atoms with Gasteiger partial charge in [0.05, 0.1) is 11.9 Å². The highest BCUT2D eigenvalue weighted by Gasteiger charge is 2.25. The van der Waals surface area contributed by atoms with Crippen LogP contribution in [0.15, 0.2) is 47.1 Å². The zero-order valence-electron chi connectivity index (χ0n) is 16.9. The molecule has 0 unspecified atom stereocenters. The summed E-state index contributed by atoms with van der Waals surface area (Å²) in [6, 6.07) is 9.88.